The Morgan fingerprint density at radius 1 is 1.36 bits per heavy atom. The van der Waals surface area contributed by atoms with E-state index in [2.05, 4.69) is 45.3 Å². The third kappa shape index (κ3) is 4.84. The normalized spacial score (nSPS) is 12.4. The van der Waals surface area contributed by atoms with Crippen molar-refractivity contribution in [1.82, 2.24) is 15.5 Å². The third-order valence-corrected chi connectivity index (χ3v) is 4.51. The van der Waals surface area contributed by atoms with Crippen LogP contribution in [0.3, 0.4) is 0 Å². The first kappa shape index (κ1) is 17.0. The summed E-state index contributed by atoms with van der Waals surface area (Å²) in [6, 6.07) is 7.77. The Hall–Kier alpha value is -1.34. The van der Waals surface area contributed by atoms with Gasteiger partial charge in [0.05, 0.1) is 5.75 Å². The molecular formula is C15H18BrN3O2S. The summed E-state index contributed by atoms with van der Waals surface area (Å²) in [5.74, 6) is 1.07. The predicted molar refractivity (Wildman–Crippen MR) is 90.6 cm³/mol. The number of carbonyl (C=O) groups is 1. The number of halogens is 1. The number of amides is 1. The SMILES string of the molecule is CC(C)[C@H](C)NC(=O)CSc1nnc(-c2cccc(Br)c2)o1. The van der Waals surface area contributed by atoms with Gasteiger partial charge in [-0.1, -0.05) is 47.6 Å². The zero-order valence-electron chi connectivity index (χ0n) is 12.7. The Morgan fingerprint density at radius 3 is 2.82 bits per heavy atom. The van der Waals surface area contributed by atoms with E-state index in [1.54, 1.807) is 0 Å². The van der Waals surface area contributed by atoms with E-state index in [9.17, 15) is 4.79 Å². The van der Waals surface area contributed by atoms with Crippen molar-refractivity contribution in [2.45, 2.75) is 32.0 Å². The molecular weight excluding hydrogens is 366 g/mol. The Balaban J connectivity index is 1.91. The summed E-state index contributed by atoms with van der Waals surface area (Å²) in [6.45, 7) is 6.13. The van der Waals surface area contributed by atoms with E-state index in [4.69, 9.17) is 4.42 Å². The van der Waals surface area contributed by atoms with Crippen molar-refractivity contribution >= 4 is 33.6 Å². The van der Waals surface area contributed by atoms with Crippen LogP contribution in [0.25, 0.3) is 11.5 Å². The molecule has 5 nitrogen and oxygen atoms in total. The molecule has 1 N–H and O–H groups in total. The monoisotopic (exact) mass is 383 g/mol. The van der Waals surface area contributed by atoms with Crippen LogP contribution in [0.2, 0.25) is 0 Å². The minimum atomic E-state index is -0.0339. The number of rotatable bonds is 6. The van der Waals surface area contributed by atoms with Crippen LogP contribution >= 0.6 is 27.7 Å². The number of nitrogens with one attached hydrogen (secondary N) is 1. The van der Waals surface area contributed by atoms with Crippen molar-refractivity contribution in [3.05, 3.63) is 28.7 Å². The minimum absolute atomic E-state index is 0.0339. The predicted octanol–water partition coefficient (Wildman–Crippen LogP) is 3.75. The van der Waals surface area contributed by atoms with Gasteiger partial charge in [0.25, 0.3) is 5.22 Å². The Kier molecular flexibility index (Phi) is 6.02. The maximum absolute atomic E-state index is 11.8. The highest BCUT2D eigenvalue weighted by Gasteiger charge is 2.14. The van der Waals surface area contributed by atoms with Crippen molar-refractivity contribution in [3.8, 4) is 11.5 Å². The van der Waals surface area contributed by atoms with Crippen molar-refractivity contribution in [2.75, 3.05) is 5.75 Å². The van der Waals surface area contributed by atoms with Gasteiger partial charge in [0, 0.05) is 16.1 Å². The molecule has 0 fully saturated rings. The van der Waals surface area contributed by atoms with Gasteiger partial charge in [0.2, 0.25) is 11.8 Å². The number of benzene rings is 1. The van der Waals surface area contributed by atoms with Crippen LogP contribution < -0.4 is 5.32 Å². The quantitative estimate of drug-likeness (QED) is 0.769. The second-order valence-electron chi connectivity index (χ2n) is 5.27. The average Bonchev–Trinajstić information content (AvgIpc) is 2.94. The first-order valence-corrected chi connectivity index (χ1v) is 8.75. The van der Waals surface area contributed by atoms with Gasteiger partial charge in [-0.3, -0.25) is 4.79 Å². The fraction of sp³-hybridized carbons (Fsp3) is 0.400. The lowest BCUT2D eigenvalue weighted by Crippen LogP contribution is -2.37. The van der Waals surface area contributed by atoms with Crippen molar-refractivity contribution in [3.63, 3.8) is 0 Å². The molecule has 0 radical (unpaired) electrons. The molecule has 0 aliphatic heterocycles. The van der Waals surface area contributed by atoms with Crippen LogP contribution in [0.5, 0.6) is 0 Å². The van der Waals surface area contributed by atoms with Crippen molar-refractivity contribution in [1.29, 1.82) is 0 Å². The highest BCUT2D eigenvalue weighted by Crippen LogP contribution is 2.25. The van der Waals surface area contributed by atoms with E-state index in [1.165, 1.54) is 11.8 Å². The third-order valence-electron chi connectivity index (χ3n) is 3.19. The first-order chi connectivity index (χ1) is 10.5. The molecule has 2 aromatic rings. The summed E-state index contributed by atoms with van der Waals surface area (Å²) in [5, 5.41) is 11.3. The van der Waals surface area contributed by atoms with Crippen LogP contribution in [-0.4, -0.2) is 27.9 Å². The van der Waals surface area contributed by atoms with Gasteiger partial charge in [-0.05, 0) is 31.0 Å². The van der Waals surface area contributed by atoms with Crippen molar-refractivity contribution < 1.29 is 9.21 Å². The van der Waals surface area contributed by atoms with E-state index >= 15 is 0 Å². The number of aromatic nitrogens is 2. The van der Waals surface area contributed by atoms with Crippen LogP contribution in [0, 0.1) is 5.92 Å². The Labute approximate surface area is 142 Å². The minimum Gasteiger partial charge on any atom is -0.411 e. The smallest absolute Gasteiger partial charge is 0.277 e. The molecule has 1 aromatic carbocycles. The fourth-order valence-corrected chi connectivity index (χ4v) is 2.57. The van der Waals surface area contributed by atoms with E-state index < -0.39 is 0 Å². The maximum atomic E-state index is 11.8. The van der Waals surface area contributed by atoms with Crippen LogP contribution in [0.4, 0.5) is 0 Å². The molecule has 1 atom stereocenters. The van der Waals surface area contributed by atoms with E-state index in [-0.39, 0.29) is 17.7 Å². The number of hydrogen-bond acceptors (Lipinski definition) is 5. The molecule has 0 spiro atoms. The molecule has 1 aromatic heterocycles. The standard InChI is InChI=1S/C15H18BrN3O2S/c1-9(2)10(3)17-13(20)8-22-15-19-18-14(21-15)11-5-4-6-12(16)7-11/h4-7,9-10H,8H2,1-3H3,(H,17,20)/t10-/m0/s1. The first-order valence-electron chi connectivity index (χ1n) is 6.97. The molecule has 1 amide bonds. The fourth-order valence-electron chi connectivity index (χ4n) is 1.60. The molecule has 0 saturated heterocycles. The highest BCUT2D eigenvalue weighted by atomic mass is 79.9. The summed E-state index contributed by atoms with van der Waals surface area (Å²) in [6.07, 6.45) is 0. The number of carbonyl (C=O) groups excluding carboxylic acids is 1. The lowest BCUT2D eigenvalue weighted by atomic mass is 10.1. The molecule has 7 heteroatoms. The van der Waals surface area contributed by atoms with Crippen LogP contribution in [0.1, 0.15) is 20.8 Å². The van der Waals surface area contributed by atoms with Gasteiger partial charge >= 0.3 is 0 Å². The zero-order chi connectivity index (χ0) is 16.1. The molecule has 0 saturated carbocycles. The van der Waals surface area contributed by atoms with Gasteiger partial charge in [-0.15, -0.1) is 10.2 Å². The zero-order valence-corrected chi connectivity index (χ0v) is 15.1. The highest BCUT2D eigenvalue weighted by molar-refractivity contribution is 9.10. The largest absolute Gasteiger partial charge is 0.411 e. The van der Waals surface area contributed by atoms with Gasteiger partial charge in [0.15, 0.2) is 0 Å². The van der Waals surface area contributed by atoms with Gasteiger partial charge < -0.3 is 9.73 Å². The Bertz CT molecular complexity index is 645. The Morgan fingerprint density at radius 2 is 2.14 bits per heavy atom. The van der Waals surface area contributed by atoms with Gasteiger partial charge in [0.1, 0.15) is 0 Å². The van der Waals surface area contributed by atoms with E-state index in [1.807, 2.05) is 31.2 Å². The molecule has 118 valence electrons. The molecule has 0 unspecified atom stereocenters. The summed E-state index contributed by atoms with van der Waals surface area (Å²) >= 11 is 4.64. The molecule has 2 rings (SSSR count). The molecule has 1 heterocycles. The summed E-state index contributed by atoms with van der Waals surface area (Å²) in [5.41, 5.74) is 0.839. The molecule has 22 heavy (non-hydrogen) atoms. The molecule has 0 bridgehead atoms. The van der Waals surface area contributed by atoms with Gasteiger partial charge in [-0.2, -0.15) is 0 Å². The number of thioether (sulfide) groups is 1. The molecule has 0 aliphatic carbocycles. The van der Waals surface area contributed by atoms with Crippen LogP contribution in [-0.2, 0) is 4.79 Å². The second-order valence-corrected chi connectivity index (χ2v) is 7.11. The maximum Gasteiger partial charge on any atom is 0.277 e. The van der Waals surface area contributed by atoms with E-state index in [0.717, 1.165) is 10.0 Å². The number of nitrogens with zero attached hydrogens (tertiary/aromatic N) is 2. The topological polar surface area (TPSA) is 68.0 Å². The average molecular weight is 384 g/mol. The second kappa shape index (κ2) is 7.78. The number of hydrogen-bond donors (Lipinski definition) is 1. The lowest BCUT2D eigenvalue weighted by Gasteiger charge is -2.16. The molecule has 0 aliphatic rings. The van der Waals surface area contributed by atoms with Crippen molar-refractivity contribution in [2.24, 2.45) is 5.92 Å². The van der Waals surface area contributed by atoms with Crippen LogP contribution in [0.15, 0.2) is 38.4 Å². The van der Waals surface area contributed by atoms with Gasteiger partial charge in [-0.25, -0.2) is 0 Å². The van der Waals surface area contributed by atoms with E-state index in [0.29, 0.717) is 17.0 Å². The summed E-state index contributed by atoms with van der Waals surface area (Å²) < 4.78 is 6.51. The summed E-state index contributed by atoms with van der Waals surface area (Å²) in [7, 11) is 0. The summed E-state index contributed by atoms with van der Waals surface area (Å²) in [4.78, 5) is 11.8. The lowest BCUT2D eigenvalue weighted by molar-refractivity contribution is -0.119.